The maximum Gasteiger partial charge on any atom is 0.341 e. The van der Waals surface area contributed by atoms with Crippen LogP contribution in [0.15, 0.2) is 18.2 Å². The van der Waals surface area contributed by atoms with Crippen LogP contribution in [-0.4, -0.2) is 32.9 Å². The maximum atomic E-state index is 11.8. The van der Waals surface area contributed by atoms with Crippen molar-refractivity contribution in [3.63, 3.8) is 0 Å². The molecule has 20 heavy (non-hydrogen) atoms. The minimum absolute atomic E-state index is 0.345. The summed E-state index contributed by atoms with van der Waals surface area (Å²) in [4.78, 5) is 11.8. The fourth-order valence-corrected chi connectivity index (χ4v) is 2.31. The van der Waals surface area contributed by atoms with Gasteiger partial charge in [-0.05, 0) is 42.9 Å². The average molecular weight is 278 g/mol. The van der Waals surface area contributed by atoms with Gasteiger partial charge in [0.15, 0.2) is 0 Å². The van der Waals surface area contributed by atoms with Crippen molar-refractivity contribution in [2.45, 2.75) is 26.2 Å². The predicted molar refractivity (Wildman–Crippen MR) is 76.2 cm³/mol. The molecule has 0 aromatic heterocycles. The predicted octanol–water partition coefficient (Wildman–Crippen LogP) is 2.84. The van der Waals surface area contributed by atoms with E-state index in [1.807, 2.05) is 18.2 Å². The molecule has 1 fully saturated rings. The molecule has 1 aliphatic heterocycles. The van der Waals surface area contributed by atoms with Crippen molar-refractivity contribution in [3.8, 4) is 5.75 Å². The van der Waals surface area contributed by atoms with E-state index in [1.54, 1.807) is 0 Å². The number of methoxy groups -OCH3 is 1. The molecule has 0 bridgehead atoms. The Morgan fingerprint density at radius 3 is 2.75 bits per heavy atom. The van der Waals surface area contributed by atoms with Crippen LogP contribution in [0.25, 0.3) is 0 Å². The van der Waals surface area contributed by atoms with E-state index >= 15 is 0 Å². The SMILES string of the molecule is CCc1ccc(OCC2CCOCC2)c(C(=O)OC)c1. The van der Waals surface area contributed by atoms with Crippen molar-refractivity contribution in [1.82, 2.24) is 0 Å². The summed E-state index contributed by atoms with van der Waals surface area (Å²) >= 11 is 0. The Bertz CT molecular complexity index is 450. The zero-order chi connectivity index (χ0) is 14.4. The van der Waals surface area contributed by atoms with Crippen molar-refractivity contribution >= 4 is 5.97 Å². The van der Waals surface area contributed by atoms with Crippen LogP contribution in [0.5, 0.6) is 5.75 Å². The summed E-state index contributed by atoms with van der Waals surface area (Å²) in [6, 6.07) is 5.71. The van der Waals surface area contributed by atoms with E-state index in [0.29, 0.717) is 23.8 Å². The van der Waals surface area contributed by atoms with Gasteiger partial charge in [-0.3, -0.25) is 0 Å². The normalized spacial score (nSPS) is 15.9. The van der Waals surface area contributed by atoms with Crippen LogP contribution in [-0.2, 0) is 15.9 Å². The Labute approximate surface area is 120 Å². The molecule has 1 saturated heterocycles. The molecule has 4 nitrogen and oxygen atoms in total. The molecule has 0 aliphatic carbocycles. The van der Waals surface area contributed by atoms with Crippen LogP contribution in [0, 0.1) is 5.92 Å². The Morgan fingerprint density at radius 1 is 1.35 bits per heavy atom. The second-order valence-electron chi connectivity index (χ2n) is 5.04. The van der Waals surface area contributed by atoms with E-state index in [9.17, 15) is 4.79 Å². The largest absolute Gasteiger partial charge is 0.492 e. The molecule has 0 atom stereocenters. The molecular weight excluding hydrogens is 256 g/mol. The van der Waals surface area contributed by atoms with Gasteiger partial charge in [0.2, 0.25) is 0 Å². The monoisotopic (exact) mass is 278 g/mol. The van der Waals surface area contributed by atoms with E-state index in [-0.39, 0.29) is 5.97 Å². The van der Waals surface area contributed by atoms with Gasteiger partial charge < -0.3 is 14.2 Å². The van der Waals surface area contributed by atoms with Gasteiger partial charge in [0, 0.05) is 13.2 Å². The molecular formula is C16H22O4. The fourth-order valence-electron chi connectivity index (χ4n) is 2.31. The first-order valence-corrected chi connectivity index (χ1v) is 7.16. The van der Waals surface area contributed by atoms with Crippen molar-refractivity contribution in [1.29, 1.82) is 0 Å². The van der Waals surface area contributed by atoms with E-state index < -0.39 is 0 Å². The molecule has 1 aromatic carbocycles. The number of rotatable bonds is 5. The number of ether oxygens (including phenoxy) is 3. The highest BCUT2D eigenvalue weighted by Gasteiger charge is 2.18. The van der Waals surface area contributed by atoms with Gasteiger partial charge in [0.1, 0.15) is 11.3 Å². The van der Waals surface area contributed by atoms with Crippen molar-refractivity contribution in [2.24, 2.45) is 5.92 Å². The first-order valence-electron chi connectivity index (χ1n) is 7.16. The Morgan fingerprint density at radius 2 is 2.10 bits per heavy atom. The summed E-state index contributed by atoms with van der Waals surface area (Å²) in [6.07, 6.45) is 2.91. The van der Waals surface area contributed by atoms with Crippen molar-refractivity contribution < 1.29 is 19.0 Å². The first kappa shape index (κ1) is 14.9. The summed E-state index contributed by atoms with van der Waals surface area (Å²) in [7, 11) is 1.39. The fraction of sp³-hybridized carbons (Fsp3) is 0.562. The van der Waals surface area contributed by atoms with E-state index in [2.05, 4.69) is 6.92 Å². The number of benzene rings is 1. The molecule has 1 aromatic rings. The zero-order valence-electron chi connectivity index (χ0n) is 12.2. The lowest BCUT2D eigenvalue weighted by atomic mass is 10.0. The highest BCUT2D eigenvalue weighted by molar-refractivity contribution is 5.92. The standard InChI is InChI=1S/C16H22O4/c1-3-12-4-5-15(14(10-12)16(17)18-2)20-11-13-6-8-19-9-7-13/h4-5,10,13H,3,6-9,11H2,1-2H3. The molecule has 110 valence electrons. The lowest BCUT2D eigenvalue weighted by molar-refractivity contribution is 0.0483. The van der Waals surface area contributed by atoms with E-state index in [0.717, 1.165) is 38.0 Å². The van der Waals surface area contributed by atoms with Crippen LogP contribution < -0.4 is 4.74 Å². The van der Waals surface area contributed by atoms with Crippen LogP contribution >= 0.6 is 0 Å². The summed E-state index contributed by atoms with van der Waals surface area (Å²) < 4.78 is 16.0. The molecule has 0 amide bonds. The van der Waals surface area contributed by atoms with Crippen molar-refractivity contribution in [2.75, 3.05) is 26.9 Å². The Hall–Kier alpha value is -1.55. The smallest absolute Gasteiger partial charge is 0.341 e. The lowest BCUT2D eigenvalue weighted by Gasteiger charge is -2.22. The molecule has 0 spiro atoms. The van der Waals surface area contributed by atoms with Crippen LogP contribution in [0.4, 0.5) is 0 Å². The quantitative estimate of drug-likeness (QED) is 0.777. The zero-order valence-corrected chi connectivity index (χ0v) is 12.2. The molecule has 0 saturated carbocycles. The highest BCUT2D eigenvalue weighted by atomic mass is 16.5. The van der Waals surface area contributed by atoms with Crippen LogP contribution in [0.2, 0.25) is 0 Å². The molecule has 4 heteroatoms. The highest BCUT2D eigenvalue weighted by Crippen LogP contribution is 2.24. The van der Waals surface area contributed by atoms with E-state index in [1.165, 1.54) is 7.11 Å². The molecule has 0 unspecified atom stereocenters. The summed E-state index contributed by atoms with van der Waals surface area (Å²) in [5.74, 6) is 0.767. The minimum Gasteiger partial charge on any atom is -0.492 e. The molecule has 0 N–H and O–H groups in total. The van der Waals surface area contributed by atoms with Gasteiger partial charge in [-0.1, -0.05) is 13.0 Å². The number of aryl methyl sites for hydroxylation is 1. The number of carbonyl (C=O) groups is 1. The molecule has 1 aliphatic rings. The topological polar surface area (TPSA) is 44.8 Å². The van der Waals surface area contributed by atoms with E-state index in [4.69, 9.17) is 14.2 Å². The maximum absolute atomic E-state index is 11.8. The number of hydrogen-bond donors (Lipinski definition) is 0. The Kier molecular flexibility index (Phi) is 5.41. The third-order valence-corrected chi connectivity index (χ3v) is 3.67. The first-order chi connectivity index (χ1) is 9.74. The summed E-state index contributed by atoms with van der Waals surface area (Å²) in [5.41, 5.74) is 1.61. The minimum atomic E-state index is -0.345. The number of hydrogen-bond acceptors (Lipinski definition) is 4. The molecule has 2 rings (SSSR count). The third kappa shape index (κ3) is 3.73. The van der Waals surface area contributed by atoms with Gasteiger partial charge in [0.05, 0.1) is 13.7 Å². The van der Waals surface area contributed by atoms with Crippen molar-refractivity contribution in [3.05, 3.63) is 29.3 Å². The lowest BCUT2D eigenvalue weighted by Crippen LogP contribution is -2.22. The number of esters is 1. The number of carbonyl (C=O) groups excluding carboxylic acids is 1. The van der Waals surface area contributed by atoms with Gasteiger partial charge in [-0.25, -0.2) is 4.79 Å². The third-order valence-electron chi connectivity index (χ3n) is 3.67. The average Bonchev–Trinajstić information content (AvgIpc) is 2.53. The van der Waals surface area contributed by atoms with Gasteiger partial charge >= 0.3 is 5.97 Å². The van der Waals surface area contributed by atoms with Crippen LogP contribution in [0.3, 0.4) is 0 Å². The van der Waals surface area contributed by atoms with Gasteiger partial charge in [-0.15, -0.1) is 0 Å². The second kappa shape index (κ2) is 7.29. The molecule has 0 radical (unpaired) electrons. The second-order valence-corrected chi connectivity index (χ2v) is 5.04. The summed E-state index contributed by atoms with van der Waals surface area (Å²) in [5, 5.41) is 0. The van der Waals surface area contributed by atoms with Crippen LogP contribution in [0.1, 0.15) is 35.7 Å². The van der Waals surface area contributed by atoms with Gasteiger partial charge in [-0.2, -0.15) is 0 Å². The molecule has 1 heterocycles. The summed E-state index contributed by atoms with van der Waals surface area (Å²) in [6.45, 7) is 4.27. The van der Waals surface area contributed by atoms with Gasteiger partial charge in [0.25, 0.3) is 0 Å². The Balaban J connectivity index is 2.07.